The highest BCUT2D eigenvalue weighted by Crippen LogP contribution is 2.24. The lowest BCUT2D eigenvalue weighted by molar-refractivity contribution is -0.384. The fourth-order valence-corrected chi connectivity index (χ4v) is 1.97. The van der Waals surface area contributed by atoms with Gasteiger partial charge in [0.2, 0.25) is 0 Å². The van der Waals surface area contributed by atoms with Gasteiger partial charge in [-0.25, -0.2) is 0 Å². The Morgan fingerprint density at radius 1 is 1.35 bits per heavy atom. The summed E-state index contributed by atoms with van der Waals surface area (Å²) in [7, 11) is 0. The topological polar surface area (TPSA) is 77.2 Å². The predicted molar refractivity (Wildman–Crippen MR) is 74.9 cm³/mol. The van der Waals surface area contributed by atoms with Crippen LogP contribution < -0.4 is 5.32 Å². The lowest BCUT2D eigenvalue weighted by Gasteiger charge is -2.06. The molecule has 0 aliphatic heterocycles. The largest absolute Gasteiger partial charge is 0.353 e. The third-order valence-corrected chi connectivity index (χ3v) is 3.03. The second-order valence-electron chi connectivity index (χ2n) is 4.10. The minimum atomic E-state index is -0.587. The van der Waals surface area contributed by atoms with Gasteiger partial charge in [-0.15, -0.1) is 0 Å². The van der Waals surface area contributed by atoms with Crippen molar-refractivity contribution in [2.45, 2.75) is 6.54 Å². The summed E-state index contributed by atoms with van der Waals surface area (Å²) in [4.78, 5) is 21.9. The number of halogens is 1. The van der Waals surface area contributed by atoms with Gasteiger partial charge in [0, 0.05) is 37.1 Å². The first kappa shape index (κ1) is 14.1. The van der Waals surface area contributed by atoms with Crippen molar-refractivity contribution in [2.75, 3.05) is 6.54 Å². The van der Waals surface area contributed by atoms with Gasteiger partial charge in [-0.2, -0.15) is 0 Å². The Hall–Kier alpha value is -2.34. The van der Waals surface area contributed by atoms with Gasteiger partial charge in [-0.05, 0) is 24.3 Å². The zero-order valence-corrected chi connectivity index (χ0v) is 11.2. The molecular formula is C13H12ClN3O3. The molecule has 1 aromatic heterocycles. The molecule has 7 heteroatoms. The lowest BCUT2D eigenvalue weighted by atomic mass is 10.2. The summed E-state index contributed by atoms with van der Waals surface area (Å²) in [6, 6.07) is 7.71. The van der Waals surface area contributed by atoms with Crippen LogP contribution in [-0.4, -0.2) is 21.9 Å². The summed E-state index contributed by atoms with van der Waals surface area (Å²) in [6.45, 7) is 1.11. The van der Waals surface area contributed by atoms with E-state index in [4.69, 9.17) is 11.6 Å². The zero-order valence-electron chi connectivity index (χ0n) is 10.5. The Balaban J connectivity index is 1.95. The number of hydrogen-bond acceptors (Lipinski definition) is 3. The molecule has 0 fully saturated rings. The predicted octanol–water partition coefficient (Wildman–Crippen LogP) is 2.48. The van der Waals surface area contributed by atoms with Crippen molar-refractivity contribution in [1.29, 1.82) is 0 Å². The van der Waals surface area contributed by atoms with Crippen LogP contribution in [0, 0.1) is 10.1 Å². The van der Waals surface area contributed by atoms with Crippen LogP contribution in [0.15, 0.2) is 42.7 Å². The van der Waals surface area contributed by atoms with E-state index in [1.54, 1.807) is 0 Å². The second kappa shape index (κ2) is 6.21. The van der Waals surface area contributed by atoms with Crippen LogP contribution in [0.4, 0.5) is 5.69 Å². The van der Waals surface area contributed by atoms with Gasteiger partial charge in [0.25, 0.3) is 11.6 Å². The molecule has 0 unspecified atom stereocenters. The molecule has 6 nitrogen and oxygen atoms in total. The second-order valence-corrected chi connectivity index (χ2v) is 4.51. The summed E-state index contributed by atoms with van der Waals surface area (Å²) in [5.74, 6) is -0.311. The number of nitro benzene ring substituents is 1. The Labute approximate surface area is 120 Å². The van der Waals surface area contributed by atoms with E-state index in [1.807, 2.05) is 29.1 Å². The first-order valence-corrected chi connectivity index (χ1v) is 6.28. The van der Waals surface area contributed by atoms with Gasteiger partial charge < -0.3 is 9.88 Å². The molecule has 20 heavy (non-hydrogen) atoms. The summed E-state index contributed by atoms with van der Waals surface area (Å²) in [6.07, 6.45) is 3.80. The van der Waals surface area contributed by atoms with E-state index >= 15 is 0 Å². The number of carbonyl (C=O) groups is 1. The molecule has 0 bridgehead atoms. The fraction of sp³-hybridized carbons (Fsp3) is 0.154. The number of nitrogens with one attached hydrogen (secondary N) is 1. The third-order valence-electron chi connectivity index (χ3n) is 2.73. The highest BCUT2D eigenvalue weighted by atomic mass is 35.5. The highest BCUT2D eigenvalue weighted by molar-refractivity contribution is 6.33. The molecule has 2 rings (SSSR count). The van der Waals surface area contributed by atoms with E-state index < -0.39 is 4.92 Å². The highest BCUT2D eigenvalue weighted by Gasteiger charge is 2.14. The smallest absolute Gasteiger partial charge is 0.287 e. The van der Waals surface area contributed by atoms with Crippen LogP contribution in [0.3, 0.4) is 0 Å². The van der Waals surface area contributed by atoms with Crippen LogP contribution in [0.2, 0.25) is 5.02 Å². The zero-order chi connectivity index (χ0) is 14.5. The first-order chi connectivity index (χ1) is 9.58. The number of aromatic nitrogens is 1. The van der Waals surface area contributed by atoms with Crippen LogP contribution in [0.5, 0.6) is 0 Å². The summed E-state index contributed by atoms with van der Waals surface area (Å²) >= 11 is 5.76. The quantitative estimate of drug-likeness (QED) is 0.679. The number of amides is 1. The van der Waals surface area contributed by atoms with Crippen LogP contribution in [0.25, 0.3) is 0 Å². The van der Waals surface area contributed by atoms with E-state index in [-0.39, 0.29) is 16.6 Å². The van der Waals surface area contributed by atoms with Gasteiger partial charge in [-0.1, -0.05) is 11.6 Å². The minimum absolute atomic E-state index is 0.0481. The van der Waals surface area contributed by atoms with Crippen LogP contribution >= 0.6 is 11.6 Å². The molecule has 0 radical (unpaired) electrons. The number of nitrogens with zero attached hydrogens (tertiary/aromatic N) is 2. The van der Waals surface area contributed by atoms with Crippen LogP contribution in [0.1, 0.15) is 10.4 Å². The van der Waals surface area contributed by atoms with Gasteiger partial charge in [0.15, 0.2) is 0 Å². The molecule has 0 aliphatic carbocycles. The van der Waals surface area contributed by atoms with Crippen molar-refractivity contribution < 1.29 is 9.72 Å². The van der Waals surface area contributed by atoms with E-state index in [0.717, 1.165) is 0 Å². The number of carbonyl (C=O) groups excluding carboxylic acids is 1. The first-order valence-electron chi connectivity index (χ1n) is 5.91. The number of nitro groups is 1. The lowest BCUT2D eigenvalue weighted by Crippen LogP contribution is -2.26. The Morgan fingerprint density at radius 3 is 2.65 bits per heavy atom. The number of hydrogen-bond donors (Lipinski definition) is 1. The maximum absolute atomic E-state index is 11.9. The molecule has 1 amide bonds. The maximum Gasteiger partial charge on any atom is 0.287 e. The molecule has 0 aliphatic rings. The molecular weight excluding hydrogens is 282 g/mol. The normalized spacial score (nSPS) is 10.2. The summed E-state index contributed by atoms with van der Waals surface area (Å²) in [5, 5.41) is 13.3. The van der Waals surface area contributed by atoms with Crippen molar-refractivity contribution in [3.05, 3.63) is 63.4 Å². The molecule has 2 aromatic rings. The third kappa shape index (κ3) is 3.36. The monoisotopic (exact) mass is 293 g/mol. The standard InChI is InChI=1S/C13H12ClN3O3/c14-11-9-10(3-4-12(11)17(19)20)13(18)15-5-8-16-6-1-2-7-16/h1-4,6-7,9H,5,8H2,(H,15,18). The summed E-state index contributed by atoms with van der Waals surface area (Å²) < 4.78 is 1.93. The van der Waals surface area contributed by atoms with Gasteiger partial charge in [-0.3, -0.25) is 14.9 Å². The van der Waals surface area contributed by atoms with Gasteiger partial charge in [0.05, 0.1) is 4.92 Å². The van der Waals surface area contributed by atoms with E-state index in [2.05, 4.69) is 5.32 Å². The summed E-state index contributed by atoms with van der Waals surface area (Å²) in [5.41, 5.74) is 0.0867. The number of rotatable bonds is 5. The van der Waals surface area contributed by atoms with Crippen molar-refractivity contribution in [3.8, 4) is 0 Å². The maximum atomic E-state index is 11.9. The van der Waals surface area contributed by atoms with E-state index in [1.165, 1.54) is 18.2 Å². The molecule has 0 saturated heterocycles. The number of benzene rings is 1. The van der Waals surface area contributed by atoms with Crippen molar-refractivity contribution in [2.24, 2.45) is 0 Å². The molecule has 1 aromatic carbocycles. The minimum Gasteiger partial charge on any atom is -0.353 e. The van der Waals surface area contributed by atoms with Crippen molar-refractivity contribution in [1.82, 2.24) is 9.88 Å². The van der Waals surface area contributed by atoms with Crippen LogP contribution in [-0.2, 0) is 6.54 Å². The van der Waals surface area contributed by atoms with Crippen molar-refractivity contribution >= 4 is 23.2 Å². The molecule has 104 valence electrons. The Bertz CT molecular complexity index is 626. The molecule has 0 spiro atoms. The van der Waals surface area contributed by atoms with Gasteiger partial charge >= 0.3 is 0 Å². The van der Waals surface area contributed by atoms with E-state index in [9.17, 15) is 14.9 Å². The fourth-order valence-electron chi connectivity index (χ4n) is 1.72. The average Bonchev–Trinajstić information content (AvgIpc) is 2.91. The van der Waals surface area contributed by atoms with Crippen molar-refractivity contribution in [3.63, 3.8) is 0 Å². The molecule has 1 heterocycles. The molecule has 0 atom stereocenters. The Morgan fingerprint density at radius 2 is 2.05 bits per heavy atom. The SMILES string of the molecule is O=C(NCCn1cccc1)c1ccc([N+](=O)[O-])c(Cl)c1. The average molecular weight is 294 g/mol. The molecule has 0 saturated carbocycles. The van der Waals surface area contributed by atoms with E-state index in [0.29, 0.717) is 18.7 Å². The molecule has 1 N–H and O–H groups in total. The van der Waals surface area contributed by atoms with Gasteiger partial charge in [0.1, 0.15) is 5.02 Å². The Kier molecular flexibility index (Phi) is 4.37.